The van der Waals surface area contributed by atoms with Crippen molar-refractivity contribution >= 4 is 11.6 Å². The zero-order chi connectivity index (χ0) is 18.8. The lowest BCUT2D eigenvalue weighted by Gasteiger charge is -2.29. The molecule has 3 heterocycles. The molecule has 0 spiro atoms. The van der Waals surface area contributed by atoms with Crippen molar-refractivity contribution in [2.24, 2.45) is 0 Å². The standard InChI is InChI=1S/C21H23N3O3/c1-15-5-6-20-22-17(13-24(20)12-15)14-27-19-4-2-3-16(11-19)21(26)23-9-7-18(25)8-10-23/h2-6,11-13,18,25H,7-10,14H2,1H3. The number of ether oxygens (including phenoxy) is 1. The number of rotatable bonds is 4. The van der Waals surface area contributed by atoms with Crippen molar-refractivity contribution in [2.45, 2.75) is 32.5 Å². The first-order valence-electron chi connectivity index (χ1n) is 9.23. The molecule has 6 heteroatoms. The molecule has 0 aliphatic carbocycles. The van der Waals surface area contributed by atoms with E-state index in [1.165, 1.54) is 5.56 Å². The Morgan fingerprint density at radius 3 is 2.85 bits per heavy atom. The van der Waals surface area contributed by atoms with E-state index >= 15 is 0 Å². The molecular formula is C21H23N3O3. The second-order valence-corrected chi connectivity index (χ2v) is 7.04. The van der Waals surface area contributed by atoms with E-state index in [2.05, 4.69) is 4.98 Å². The van der Waals surface area contributed by atoms with Crippen LogP contribution in [0.4, 0.5) is 0 Å². The van der Waals surface area contributed by atoms with Crippen LogP contribution in [0.5, 0.6) is 5.75 Å². The summed E-state index contributed by atoms with van der Waals surface area (Å²) in [6.07, 6.45) is 4.96. The molecular weight excluding hydrogens is 342 g/mol. The lowest BCUT2D eigenvalue weighted by Crippen LogP contribution is -2.40. The maximum Gasteiger partial charge on any atom is 0.253 e. The molecule has 3 aromatic rings. The molecule has 27 heavy (non-hydrogen) atoms. The summed E-state index contributed by atoms with van der Waals surface area (Å²) in [5, 5.41) is 9.60. The van der Waals surface area contributed by atoms with Crippen LogP contribution in [-0.2, 0) is 6.61 Å². The number of aryl methyl sites for hydroxylation is 1. The zero-order valence-electron chi connectivity index (χ0n) is 15.3. The third-order valence-electron chi connectivity index (χ3n) is 4.87. The highest BCUT2D eigenvalue weighted by molar-refractivity contribution is 5.94. The number of piperidine rings is 1. The topological polar surface area (TPSA) is 67.1 Å². The zero-order valence-corrected chi connectivity index (χ0v) is 15.3. The van der Waals surface area contributed by atoms with Gasteiger partial charge in [0.15, 0.2) is 0 Å². The van der Waals surface area contributed by atoms with Gasteiger partial charge in [-0.15, -0.1) is 0 Å². The van der Waals surface area contributed by atoms with Gasteiger partial charge in [0, 0.05) is 31.0 Å². The van der Waals surface area contributed by atoms with Crippen LogP contribution in [0.3, 0.4) is 0 Å². The van der Waals surface area contributed by atoms with E-state index in [4.69, 9.17) is 4.74 Å². The van der Waals surface area contributed by atoms with Crippen LogP contribution >= 0.6 is 0 Å². The molecule has 1 fully saturated rings. The van der Waals surface area contributed by atoms with Gasteiger partial charge in [0.1, 0.15) is 18.0 Å². The van der Waals surface area contributed by atoms with Crippen LogP contribution < -0.4 is 4.74 Å². The first-order valence-corrected chi connectivity index (χ1v) is 9.23. The van der Waals surface area contributed by atoms with E-state index in [0.29, 0.717) is 43.9 Å². The monoisotopic (exact) mass is 365 g/mol. The Hall–Kier alpha value is -2.86. The molecule has 0 radical (unpaired) electrons. The molecule has 1 aliphatic rings. The summed E-state index contributed by atoms with van der Waals surface area (Å²) in [7, 11) is 0. The lowest BCUT2D eigenvalue weighted by atomic mass is 10.1. The summed E-state index contributed by atoms with van der Waals surface area (Å²) in [6, 6.07) is 11.3. The smallest absolute Gasteiger partial charge is 0.253 e. The molecule has 0 bridgehead atoms. The number of benzene rings is 1. The number of aromatic nitrogens is 2. The van der Waals surface area contributed by atoms with E-state index in [1.54, 1.807) is 17.0 Å². The van der Waals surface area contributed by atoms with Crippen molar-refractivity contribution in [3.8, 4) is 5.75 Å². The van der Waals surface area contributed by atoms with E-state index in [1.807, 2.05) is 48.0 Å². The SMILES string of the molecule is Cc1ccc2nc(COc3cccc(C(=O)N4CCC(O)CC4)c3)cn2c1. The fourth-order valence-corrected chi connectivity index (χ4v) is 3.35. The molecule has 1 amide bonds. The average molecular weight is 365 g/mol. The van der Waals surface area contributed by atoms with Gasteiger partial charge < -0.3 is 19.1 Å². The van der Waals surface area contributed by atoms with E-state index in [9.17, 15) is 9.90 Å². The van der Waals surface area contributed by atoms with Crippen molar-refractivity contribution in [1.82, 2.24) is 14.3 Å². The highest BCUT2D eigenvalue weighted by atomic mass is 16.5. The molecule has 2 aromatic heterocycles. The Bertz CT molecular complexity index is 958. The Balaban J connectivity index is 1.43. The van der Waals surface area contributed by atoms with Gasteiger partial charge in [-0.05, 0) is 49.6 Å². The number of amides is 1. The largest absolute Gasteiger partial charge is 0.487 e. The normalized spacial score (nSPS) is 15.3. The number of hydrogen-bond donors (Lipinski definition) is 1. The first-order chi connectivity index (χ1) is 13.1. The van der Waals surface area contributed by atoms with Gasteiger partial charge in [0.05, 0.1) is 11.8 Å². The van der Waals surface area contributed by atoms with Crippen LogP contribution in [0, 0.1) is 6.92 Å². The van der Waals surface area contributed by atoms with Crippen molar-refractivity contribution in [3.63, 3.8) is 0 Å². The molecule has 6 nitrogen and oxygen atoms in total. The maximum absolute atomic E-state index is 12.7. The summed E-state index contributed by atoms with van der Waals surface area (Å²) in [5.41, 5.74) is 3.50. The van der Waals surface area contributed by atoms with E-state index < -0.39 is 0 Å². The molecule has 140 valence electrons. The fourth-order valence-electron chi connectivity index (χ4n) is 3.35. The van der Waals surface area contributed by atoms with Gasteiger partial charge in [-0.25, -0.2) is 4.98 Å². The second kappa shape index (κ2) is 7.40. The average Bonchev–Trinajstić information content (AvgIpc) is 3.08. The van der Waals surface area contributed by atoms with Gasteiger partial charge in [-0.1, -0.05) is 12.1 Å². The molecule has 4 rings (SSSR count). The predicted octanol–water partition coefficient (Wildman–Crippen LogP) is 2.82. The van der Waals surface area contributed by atoms with Gasteiger partial charge in [-0.2, -0.15) is 0 Å². The molecule has 1 saturated heterocycles. The lowest BCUT2D eigenvalue weighted by molar-refractivity contribution is 0.0546. The summed E-state index contributed by atoms with van der Waals surface area (Å²) < 4.78 is 7.85. The molecule has 0 unspecified atom stereocenters. The minimum atomic E-state index is -0.294. The van der Waals surface area contributed by atoms with Crippen molar-refractivity contribution < 1.29 is 14.6 Å². The number of hydrogen-bond acceptors (Lipinski definition) is 4. The van der Waals surface area contributed by atoms with Crippen LogP contribution in [0.2, 0.25) is 0 Å². The Labute approximate surface area is 158 Å². The number of nitrogens with zero attached hydrogens (tertiary/aromatic N) is 3. The number of aliphatic hydroxyl groups is 1. The predicted molar refractivity (Wildman–Crippen MR) is 102 cm³/mol. The van der Waals surface area contributed by atoms with Crippen LogP contribution in [0.25, 0.3) is 5.65 Å². The van der Waals surface area contributed by atoms with Gasteiger partial charge in [0.25, 0.3) is 5.91 Å². The summed E-state index contributed by atoms with van der Waals surface area (Å²) >= 11 is 0. The van der Waals surface area contributed by atoms with Crippen molar-refractivity contribution in [1.29, 1.82) is 0 Å². The minimum Gasteiger partial charge on any atom is -0.487 e. The van der Waals surface area contributed by atoms with Gasteiger partial charge >= 0.3 is 0 Å². The van der Waals surface area contributed by atoms with Gasteiger partial charge in [0.2, 0.25) is 0 Å². The fraction of sp³-hybridized carbons (Fsp3) is 0.333. The summed E-state index contributed by atoms with van der Waals surface area (Å²) in [5.74, 6) is 0.627. The molecule has 1 N–H and O–H groups in total. The van der Waals surface area contributed by atoms with Crippen molar-refractivity contribution in [3.05, 3.63) is 65.6 Å². The third kappa shape index (κ3) is 3.95. The summed E-state index contributed by atoms with van der Waals surface area (Å²) in [4.78, 5) is 19.0. The maximum atomic E-state index is 12.7. The number of fused-ring (bicyclic) bond motifs is 1. The van der Waals surface area contributed by atoms with Crippen molar-refractivity contribution in [2.75, 3.05) is 13.1 Å². The van der Waals surface area contributed by atoms with E-state index in [-0.39, 0.29) is 12.0 Å². The second-order valence-electron chi connectivity index (χ2n) is 7.04. The highest BCUT2D eigenvalue weighted by Gasteiger charge is 2.22. The quantitative estimate of drug-likeness (QED) is 0.772. The van der Waals surface area contributed by atoms with Crippen LogP contribution in [0.15, 0.2) is 48.8 Å². The van der Waals surface area contributed by atoms with Crippen LogP contribution in [-0.4, -0.2) is 44.5 Å². The molecule has 0 saturated carbocycles. The Morgan fingerprint density at radius 2 is 2.04 bits per heavy atom. The molecule has 1 aliphatic heterocycles. The van der Waals surface area contributed by atoms with E-state index in [0.717, 1.165) is 11.3 Å². The Kier molecular flexibility index (Phi) is 4.81. The summed E-state index contributed by atoms with van der Waals surface area (Å²) in [6.45, 7) is 3.56. The van der Waals surface area contributed by atoms with Gasteiger partial charge in [-0.3, -0.25) is 4.79 Å². The number of carbonyl (C=O) groups is 1. The number of pyridine rings is 1. The number of likely N-dealkylation sites (tertiary alicyclic amines) is 1. The van der Waals surface area contributed by atoms with Crippen LogP contribution in [0.1, 0.15) is 34.5 Å². The number of carbonyl (C=O) groups excluding carboxylic acids is 1. The highest BCUT2D eigenvalue weighted by Crippen LogP contribution is 2.19. The first kappa shape index (κ1) is 17.5. The number of aliphatic hydroxyl groups excluding tert-OH is 1. The molecule has 0 atom stereocenters. The number of imidazole rings is 1. The minimum absolute atomic E-state index is 0.0180. The molecule has 1 aromatic carbocycles. The third-order valence-corrected chi connectivity index (χ3v) is 4.87. The Morgan fingerprint density at radius 1 is 1.22 bits per heavy atom.